The fraction of sp³-hybridized carbons (Fsp3) is 0.300. The minimum Gasteiger partial charge on any atom is -0.443 e. The summed E-state index contributed by atoms with van der Waals surface area (Å²) in [6.07, 6.45) is -0.630. The summed E-state index contributed by atoms with van der Waals surface area (Å²) in [5.41, 5.74) is 2.78. The average molecular weight is 323 g/mol. The lowest BCUT2D eigenvalue weighted by Crippen LogP contribution is -2.39. The van der Waals surface area contributed by atoms with Gasteiger partial charge in [-0.15, -0.1) is 0 Å². The Hall–Kier alpha value is -2.62. The van der Waals surface area contributed by atoms with Crippen LogP contribution in [0.4, 0.5) is 10.5 Å². The maximum atomic E-state index is 13.0. The van der Waals surface area contributed by atoms with E-state index in [-0.39, 0.29) is 5.91 Å². The van der Waals surface area contributed by atoms with Crippen molar-refractivity contribution in [2.45, 2.75) is 39.2 Å². The van der Waals surface area contributed by atoms with Crippen LogP contribution < -0.4 is 4.90 Å². The monoisotopic (exact) mass is 323 g/mol. The van der Waals surface area contributed by atoms with Crippen molar-refractivity contribution in [2.24, 2.45) is 0 Å². The molecule has 0 N–H and O–H groups in total. The molecular formula is C20H21NO3. The molecule has 1 atom stereocenters. The van der Waals surface area contributed by atoms with Crippen molar-refractivity contribution < 1.29 is 14.3 Å². The molecule has 1 aliphatic heterocycles. The predicted octanol–water partition coefficient (Wildman–Crippen LogP) is 4.41. The molecule has 0 saturated heterocycles. The van der Waals surface area contributed by atoms with Crippen molar-refractivity contribution >= 4 is 17.7 Å². The van der Waals surface area contributed by atoms with Gasteiger partial charge in [-0.3, -0.25) is 4.79 Å². The van der Waals surface area contributed by atoms with Crippen LogP contribution in [0, 0.1) is 6.92 Å². The molecule has 24 heavy (non-hydrogen) atoms. The predicted molar refractivity (Wildman–Crippen MR) is 93.2 cm³/mol. The number of nitrogens with zero attached hydrogens (tertiary/aromatic N) is 1. The van der Waals surface area contributed by atoms with Crippen molar-refractivity contribution in [2.75, 3.05) is 4.90 Å². The largest absolute Gasteiger partial charge is 0.443 e. The molecule has 0 aliphatic carbocycles. The number of hydrogen-bond acceptors (Lipinski definition) is 3. The summed E-state index contributed by atoms with van der Waals surface area (Å²) in [5.74, 6) is -0.747. The van der Waals surface area contributed by atoms with Gasteiger partial charge < -0.3 is 4.74 Å². The van der Waals surface area contributed by atoms with Crippen molar-refractivity contribution in [3.63, 3.8) is 0 Å². The lowest BCUT2D eigenvalue weighted by Gasteiger charge is -2.24. The van der Waals surface area contributed by atoms with E-state index >= 15 is 0 Å². The van der Waals surface area contributed by atoms with Crippen LogP contribution in [0.3, 0.4) is 0 Å². The molecular weight excluding hydrogens is 302 g/mol. The zero-order chi connectivity index (χ0) is 17.5. The number of carbonyl (C=O) groups excluding carboxylic acids is 2. The molecule has 0 saturated carbocycles. The first-order valence-electron chi connectivity index (χ1n) is 8.00. The fourth-order valence-electron chi connectivity index (χ4n) is 2.89. The number of carbonyl (C=O) groups is 2. The molecule has 0 spiro atoms. The highest BCUT2D eigenvalue weighted by molar-refractivity contribution is 6.20. The molecule has 4 nitrogen and oxygen atoms in total. The van der Waals surface area contributed by atoms with E-state index < -0.39 is 17.6 Å². The summed E-state index contributed by atoms with van der Waals surface area (Å²) in [6.45, 7) is 7.36. The highest BCUT2D eigenvalue weighted by Crippen LogP contribution is 2.41. The lowest BCUT2D eigenvalue weighted by atomic mass is 9.92. The second kappa shape index (κ2) is 5.78. The number of anilines is 1. The van der Waals surface area contributed by atoms with E-state index in [2.05, 4.69) is 0 Å². The second-order valence-electron chi connectivity index (χ2n) is 7.06. The molecule has 1 unspecified atom stereocenters. The highest BCUT2D eigenvalue weighted by Gasteiger charge is 2.43. The normalized spacial score (nSPS) is 16.9. The first kappa shape index (κ1) is 16.2. The number of para-hydroxylation sites is 1. The van der Waals surface area contributed by atoms with Gasteiger partial charge in [-0.2, -0.15) is 0 Å². The first-order chi connectivity index (χ1) is 11.3. The minimum atomic E-state index is -0.658. The van der Waals surface area contributed by atoms with Crippen LogP contribution >= 0.6 is 0 Å². The van der Waals surface area contributed by atoms with Gasteiger partial charge in [0.25, 0.3) is 0 Å². The second-order valence-corrected chi connectivity index (χ2v) is 7.06. The Kier molecular flexibility index (Phi) is 3.91. The van der Waals surface area contributed by atoms with Crippen molar-refractivity contribution in [3.8, 4) is 0 Å². The summed E-state index contributed by atoms with van der Waals surface area (Å²) in [5, 5.41) is 0. The van der Waals surface area contributed by atoms with Crippen molar-refractivity contribution in [3.05, 3.63) is 65.2 Å². The van der Waals surface area contributed by atoms with Gasteiger partial charge in [0, 0.05) is 0 Å². The Balaban J connectivity index is 2.04. The Morgan fingerprint density at radius 1 is 1.04 bits per heavy atom. The van der Waals surface area contributed by atoms with Gasteiger partial charge in [-0.05, 0) is 44.9 Å². The van der Waals surface area contributed by atoms with Crippen LogP contribution in [0.25, 0.3) is 0 Å². The summed E-state index contributed by atoms with van der Waals surface area (Å²) in [4.78, 5) is 26.7. The number of hydrogen-bond donors (Lipinski definition) is 0. The third kappa shape index (κ3) is 2.92. The molecule has 2 aromatic rings. The standard InChI is InChI=1S/C20H21NO3/c1-13-9-11-14(12-10-13)17-15-7-5-6-8-16(15)21(18(17)22)19(23)24-20(2,3)4/h5-12,17H,1-4H3. The summed E-state index contributed by atoms with van der Waals surface area (Å²) < 4.78 is 5.42. The maximum Gasteiger partial charge on any atom is 0.421 e. The molecule has 0 bridgehead atoms. The number of fused-ring (bicyclic) bond motifs is 1. The molecule has 0 radical (unpaired) electrons. The fourth-order valence-corrected chi connectivity index (χ4v) is 2.89. The number of aryl methyl sites for hydroxylation is 1. The number of benzene rings is 2. The van der Waals surface area contributed by atoms with E-state index in [9.17, 15) is 9.59 Å². The number of amides is 2. The van der Waals surface area contributed by atoms with Crippen LogP contribution in [0.1, 0.15) is 43.4 Å². The van der Waals surface area contributed by atoms with Gasteiger partial charge in [0.2, 0.25) is 5.91 Å². The molecule has 1 aliphatic rings. The molecule has 4 heteroatoms. The molecule has 2 amide bonds. The first-order valence-corrected chi connectivity index (χ1v) is 8.00. The Labute approximate surface area is 142 Å². The molecule has 3 rings (SSSR count). The summed E-state index contributed by atoms with van der Waals surface area (Å²) in [7, 11) is 0. The molecule has 2 aromatic carbocycles. The molecule has 0 fully saturated rings. The molecule has 1 heterocycles. The van der Waals surface area contributed by atoms with Gasteiger partial charge in [-0.1, -0.05) is 48.0 Å². The third-order valence-electron chi connectivity index (χ3n) is 3.94. The molecule has 0 aromatic heterocycles. The van der Waals surface area contributed by atoms with E-state index in [1.165, 1.54) is 0 Å². The SMILES string of the molecule is Cc1ccc(C2C(=O)N(C(=O)OC(C)(C)C)c3ccccc32)cc1. The Morgan fingerprint density at radius 3 is 2.29 bits per heavy atom. The van der Waals surface area contributed by atoms with Crippen LogP contribution in [0.15, 0.2) is 48.5 Å². The van der Waals surface area contributed by atoms with E-state index in [1.807, 2.05) is 49.4 Å². The van der Waals surface area contributed by atoms with Gasteiger partial charge in [0.1, 0.15) is 5.60 Å². The van der Waals surface area contributed by atoms with Crippen LogP contribution in [0.5, 0.6) is 0 Å². The average Bonchev–Trinajstić information content (AvgIpc) is 2.78. The van der Waals surface area contributed by atoms with E-state index in [1.54, 1.807) is 26.8 Å². The van der Waals surface area contributed by atoms with Crippen molar-refractivity contribution in [1.29, 1.82) is 0 Å². The van der Waals surface area contributed by atoms with E-state index in [0.29, 0.717) is 5.69 Å². The lowest BCUT2D eigenvalue weighted by molar-refractivity contribution is -0.118. The van der Waals surface area contributed by atoms with Crippen LogP contribution in [-0.4, -0.2) is 17.6 Å². The zero-order valence-electron chi connectivity index (χ0n) is 14.4. The summed E-state index contributed by atoms with van der Waals surface area (Å²) in [6, 6.07) is 15.2. The zero-order valence-corrected chi connectivity index (χ0v) is 14.4. The quantitative estimate of drug-likeness (QED) is 0.781. The Bertz CT molecular complexity index is 787. The smallest absolute Gasteiger partial charge is 0.421 e. The minimum absolute atomic E-state index is 0.269. The number of imide groups is 1. The topological polar surface area (TPSA) is 46.6 Å². The van der Waals surface area contributed by atoms with E-state index in [0.717, 1.165) is 21.6 Å². The van der Waals surface area contributed by atoms with Gasteiger partial charge in [0.05, 0.1) is 11.6 Å². The van der Waals surface area contributed by atoms with Crippen LogP contribution in [0.2, 0.25) is 0 Å². The van der Waals surface area contributed by atoms with Crippen molar-refractivity contribution in [1.82, 2.24) is 0 Å². The number of ether oxygens (including phenoxy) is 1. The third-order valence-corrected chi connectivity index (χ3v) is 3.94. The molecule has 124 valence electrons. The van der Waals surface area contributed by atoms with E-state index in [4.69, 9.17) is 4.74 Å². The summed E-state index contributed by atoms with van der Waals surface area (Å²) >= 11 is 0. The van der Waals surface area contributed by atoms with Gasteiger partial charge in [0.15, 0.2) is 0 Å². The Morgan fingerprint density at radius 2 is 1.67 bits per heavy atom. The van der Waals surface area contributed by atoms with Gasteiger partial charge in [-0.25, -0.2) is 9.69 Å². The maximum absolute atomic E-state index is 13.0. The van der Waals surface area contributed by atoms with Crippen LogP contribution in [-0.2, 0) is 9.53 Å². The number of rotatable bonds is 1. The highest BCUT2D eigenvalue weighted by atomic mass is 16.6. The van der Waals surface area contributed by atoms with Gasteiger partial charge >= 0.3 is 6.09 Å².